The summed E-state index contributed by atoms with van der Waals surface area (Å²) in [6.07, 6.45) is -9.76. The van der Waals surface area contributed by atoms with Gasteiger partial charge in [0.05, 0.1) is 11.9 Å². The number of aliphatic hydroxyl groups excluding tert-OH is 4. The Morgan fingerprint density at radius 2 is 1.00 bits per heavy atom. The van der Waals surface area contributed by atoms with Crippen LogP contribution >= 0.6 is 0 Å². The first-order valence-electron chi connectivity index (χ1n) is 3.43. The molecule has 0 aliphatic heterocycles. The Morgan fingerprint density at radius 1 is 0.812 bits per heavy atom. The summed E-state index contributed by atoms with van der Waals surface area (Å²) >= 11 is 0. The molecule has 0 amide bonds. The maximum atomic E-state index is 9.96. The summed E-state index contributed by atoms with van der Waals surface area (Å²) in [4.78, 5) is 19.9. The summed E-state index contributed by atoms with van der Waals surface area (Å²) in [5.41, 5.74) is 0. The normalized spacial score (nSPS) is 17.0. The molecule has 0 rings (SSSR count). The van der Waals surface area contributed by atoms with Crippen LogP contribution in [0.4, 0.5) is 0 Å². The largest absolute Gasteiger partial charge is 3.00 e. The predicted octanol–water partition coefficient (Wildman–Crippen LogP) is -6.25. The second-order valence-electron chi connectivity index (χ2n) is 2.51. The van der Waals surface area contributed by atoms with Gasteiger partial charge in [0.15, 0.2) is 0 Å². The van der Waals surface area contributed by atoms with Crippen LogP contribution in [0.5, 0.6) is 0 Å². The summed E-state index contributed by atoms with van der Waals surface area (Å²) in [6.45, 7) is 0. The molecule has 9 nitrogen and oxygen atoms in total. The van der Waals surface area contributed by atoms with E-state index in [2.05, 4.69) is 0 Å². The van der Waals surface area contributed by atoms with Gasteiger partial charge in [-0.15, -0.1) is 0 Å². The van der Waals surface area contributed by atoms with Crippen molar-refractivity contribution in [3.05, 3.63) is 0 Å². The Morgan fingerprint density at radius 3 is 1.12 bits per heavy atom. The van der Waals surface area contributed by atoms with E-state index in [0.717, 1.165) is 0 Å². The van der Waals surface area contributed by atoms with Crippen LogP contribution in [0.2, 0.25) is 0 Å². The summed E-state index contributed by atoms with van der Waals surface area (Å²) < 4.78 is 0. The van der Waals surface area contributed by atoms with Crippen molar-refractivity contribution in [3.8, 4) is 0 Å². The van der Waals surface area contributed by atoms with E-state index in [1.807, 2.05) is 0 Å². The van der Waals surface area contributed by atoms with Gasteiger partial charge in [-0.05, 0) is 0 Å². The van der Waals surface area contributed by atoms with Crippen molar-refractivity contribution in [2.24, 2.45) is 0 Å². The summed E-state index contributed by atoms with van der Waals surface area (Å²) in [5, 5.41) is 54.7. The van der Waals surface area contributed by atoms with E-state index in [1.54, 1.807) is 0 Å². The van der Waals surface area contributed by atoms with E-state index in [4.69, 9.17) is 20.4 Å². The third-order valence-corrected chi connectivity index (χ3v) is 1.48. The third-order valence-electron chi connectivity index (χ3n) is 1.48. The molecule has 95 valence electrons. The zero-order valence-corrected chi connectivity index (χ0v) is 8.64. The van der Waals surface area contributed by atoms with Crippen molar-refractivity contribution in [1.29, 1.82) is 0 Å². The van der Waals surface area contributed by atoms with E-state index in [-0.39, 0.29) is 22.5 Å². The maximum absolute atomic E-state index is 9.96. The van der Waals surface area contributed by atoms with Crippen LogP contribution in [0.1, 0.15) is 0 Å². The van der Waals surface area contributed by atoms with Gasteiger partial charge in [-0.1, -0.05) is 0 Å². The fourth-order valence-electron chi connectivity index (χ4n) is 0.652. The number of aliphatic carboxylic acids is 2. The average Bonchev–Trinajstić information content (AvgIpc) is 2.12. The number of hydrogen-bond donors (Lipinski definition) is 4. The van der Waals surface area contributed by atoms with Gasteiger partial charge in [-0.3, -0.25) is 0 Å². The minimum absolute atomic E-state index is 0. The predicted molar refractivity (Wildman–Crippen MR) is 36.0 cm³/mol. The summed E-state index contributed by atoms with van der Waals surface area (Å²) in [6, 6.07) is 0. The molecule has 0 heterocycles. The zero-order chi connectivity index (χ0) is 11.5. The monoisotopic (exact) mass is 281 g/mol. The van der Waals surface area contributed by atoms with E-state index < -0.39 is 36.4 Å². The first kappa shape index (κ1) is 20.6. The third kappa shape index (κ3) is 5.37. The molecule has 0 spiro atoms. The van der Waals surface area contributed by atoms with Gasteiger partial charge in [0.25, 0.3) is 0 Å². The SMILES string of the molecule is O=C([O-])[C@@H](O)[C@@H](O)[C@H](O)[C@@H](O)C(=O)[O-].[Fe+3].[OH-]. The van der Waals surface area contributed by atoms with Gasteiger partial charge in [0, 0.05) is 0 Å². The molecule has 16 heavy (non-hydrogen) atoms. The molecule has 0 aliphatic rings. The van der Waals surface area contributed by atoms with Gasteiger partial charge < -0.3 is 45.7 Å². The van der Waals surface area contributed by atoms with Crippen molar-refractivity contribution in [2.75, 3.05) is 0 Å². The number of carbonyl (C=O) groups is 2. The van der Waals surface area contributed by atoms with Crippen LogP contribution < -0.4 is 10.2 Å². The van der Waals surface area contributed by atoms with Gasteiger partial charge in [0.2, 0.25) is 0 Å². The van der Waals surface area contributed by atoms with Gasteiger partial charge in [0.1, 0.15) is 24.4 Å². The van der Waals surface area contributed by atoms with Crippen LogP contribution in [0.15, 0.2) is 0 Å². The van der Waals surface area contributed by atoms with Crippen molar-refractivity contribution in [1.82, 2.24) is 0 Å². The topological polar surface area (TPSA) is 191 Å². The van der Waals surface area contributed by atoms with Crippen LogP contribution in [-0.2, 0) is 26.7 Å². The number of carboxylic acid groups (broad SMARTS) is 2. The Labute approximate surface area is 99.7 Å². The first-order chi connectivity index (χ1) is 6.29. The summed E-state index contributed by atoms with van der Waals surface area (Å²) in [7, 11) is 0. The second-order valence-corrected chi connectivity index (χ2v) is 2.51. The molecule has 1 radical (unpaired) electrons. The van der Waals surface area contributed by atoms with E-state index in [0.29, 0.717) is 0 Å². The van der Waals surface area contributed by atoms with E-state index >= 15 is 0 Å². The number of carboxylic acids is 2. The quantitative estimate of drug-likeness (QED) is 0.355. The molecule has 0 bridgehead atoms. The number of carbonyl (C=O) groups excluding carboxylic acids is 2. The Bertz CT molecular complexity index is 208. The fourth-order valence-corrected chi connectivity index (χ4v) is 0.652. The zero-order valence-electron chi connectivity index (χ0n) is 7.53. The standard InChI is InChI=1S/C6H10O8.Fe.H2O/c7-1(3(9)5(11)12)2(8)4(10)6(13)14;;/h1-4,7-10H,(H,11,12)(H,13,14);;1H2/q;+3;/p-3/t1-,2-,3-,4+;;/m0../s1. The Hall–Kier alpha value is -0.741. The van der Waals surface area contributed by atoms with Crippen molar-refractivity contribution in [3.63, 3.8) is 0 Å². The molecule has 0 aromatic heterocycles. The fraction of sp³-hybridized carbons (Fsp3) is 0.667. The van der Waals surface area contributed by atoms with Crippen LogP contribution in [-0.4, -0.2) is 62.3 Å². The number of rotatable bonds is 5. The second kappa shape index (κ2) is 8.42. The Balaban J connectivity index is -0.000000845. The molecule has 0 saturated carbocycles. The first-order valence-corrected chi connectivity index (χ1v) is 3.43. The molecule has 0 aliphatic carbocycles. The van der Waals surface area contributed by atoms with Crippen molar-refractivity contribution >= 4 is 11.9 Å². The maximum Gasteiger partial charge on any atom is 3.00 e. The van der Waals surface area contributed by atoms with Crippen molar-refractivity contribution in [2.45, 2.75) is 24.4 Å². The van der Waals surface area contributed by atoms with Crippen LogP contribution in [0.3, 0.4) is 0 Å². The van der Waals surface area contributed by atoms with E-state index in [1.165, 1.54) is 0 Å². The molecule has 0 aromatic carbocycles. The Kier molecular flexibility index (Phi) is 10.9. The molecule has 0 saturated heterocycles. The molecular formula is C6H9FeO9. The summed E-state index contributed by atoms with van der Waals surface area (Å²) in [5.74, 6) is -4.22. The minimum Gasteiger partial charge on any atom is -0.870 e. The molecule has 0 fully saturated rings. The minimum atomic E-state index is -2.50. The molecule has 0 aromatic rings. The van der Waals surface area contributed by atoms with Gasteiger partial charge >= 0.3 is 17.1 Å². The van der Waals surface area contributed by atoms with Gasteiger partial charge in [-0.25, -0.2) is 0 Å². The molecular weight excluding hydrogens is 272 g/mol. The van der Waals surface area contributed by atoms with Crippen molar-refractivity contribution < 1.29 is 62.8 Å². The average molecular weight is 281 g/mol. The molecule has 10 heteroatoms. The number of aliphatic hydroxyl groups is 4. The smallest absolute Gasteiger partial charge is 0.870 e. The number of hydrogen-bond acceptors (Lipinski definition) is 9. The van der Waals surface area contributed by atoms with Gasteiger partial charge in [-0.2, -0.15) is 0 Å². The van der Waals surface area contributed by atoms with E-state index in [9.17, 15) is 19.8 Å². The molecule has 0 unspecified atom stereocenters. The van der Waals surface area contributed by atoms with Crippen LogP contribution in [0.25, 0.3) is 0 Å². The van der Waals surface area contributed by atoms with Crippen LogP contribution in [0, 0.1) is 0 Å². The molecule has 5 N–H and O–H groups in total. The molecule has 4 atom stereocenters.